The quantitative estimate of drug-likeness (QED) is 0.906. The highest BCUT2D eigenvalue weighted by Crippen LogP contribution is 2.29. The molecule has 16 heavy (non-hydrogen) atoms. The number of ether oxygens (including phenoxy) is 1. The molecule has 4 heteroatoms. The Hall–Kier alpha value is -1.05. The van der Waals surface area contributed by atoms with Gasteiger partial charge in [-0.25, -0.2) is 0 Å². The number of hydrogen-bond donors (Lipinski definition) is 1. The van der Waals surface area contributed by atoms with E-state index in [2.05, 4.69) is 27.3 Å². The van der Waals surface area contributed by atoms with Crippen LogP contribution >= 0.6 is 15.9 Å². The van der Waals surface area contributed by atoms with E-state index in [9.17, 15) is 5.26 Å². The monoisotopic (exact) mass is 280 g/mol. The number of hydrogen-bond acceptors (Lipinski definition) is 3. The molecule has 1 heterocycles. The van der Waals surface area contributed by atoms with E-state index in [0.29, 0.717) is 6.61 Å². The lowest BCUT2D eigenvalue weighted by molar-refractivity contribution is 0.112. The van der Waals surface area contributed by atoms with Crippen LogP contribution < -0.4 is 5.32 Å². The smallest absolute Gasteiger partial charge is 0.153 e. The van der Waals surface area contributed by atoms with Gasteiger partial charge in [-0.05, 0) is 31.2 Å². The Kier molecular flexibility index (Phi) is 3.17. The molecule has 0 saturated carbocycles. The first-order chi connectivity index (χ1) is 7.66. The van der Waals surface area contributed by atoms with Crippen LogP contribution in [0.3, 0.4) is 0 Å². The van der Waals surface area contributed by atoms with E-state index in [0.717, 1.165) is 16.6 Å². The summed E-state index contributed by atoms with van der Waals surface area (Å²) in [6, 6.07) is 10.2. The second-order valence-corrected chi connectivity index (χ2v) is 4.89. The number of benzene rings is 1. The van der Waals surface area contributed by atoms with Crippen molar-refractivity contribution in [2.24, 2.45) is 0 Å². The van der Waals surface area contributed by atoms with Gasteiger partial charge in [0.1, 0.15) is 0 Å². The van der Waals surface area contributed by atoms with E-state index >= 15 is 0 Å². The van der Waals surface area contributed by atoms with Gasteiger partial charge in [-0.2, -0.15) is 5.26 Å². The molecule has 0 aromatic heterocycles. The third-order valence-corrected chi connectivity index (χ3v) is 3.50. The Morgan fingerprint density at radius 2 is 2.19 bits per heavy atom. The third kappa shape index (κ3) is 2.06. The minimum absolute atomic E-state index is 0.0823. The lowest BCUT2D eigenvalue weighted by Gasteiger charge is -2.26. The summed E-state index contributed by atoms with van der Waals surface area (Å²) in [5.41, 5.74) is 0.357. The molecule has 1 N–H and O–H groups in total. The van der Waals surface area contributed by atoms with E-state index in [-0.39, 0.29) is 6.10 Å². The molecule has 0 radical (unpaired) electrons. The van der Waals surface area contributed by atoms with Crippen molar-refractivity contribution in [2.45, 2.75) is 25.0 Å². The van der Waals surface area contributed by atoms with E-state index in [1.165, 1.54) is 0 Å². The van der Waals surface area contributed by atoms with Gasteiger partial charge in [-0.15, -0.1) is 0 Å². The van der Waals surface area contributed by atoms with Gasteiger partial charge in [-0.1, -0.05) is 15.9 Å². The fraction of sp³-hybridized carbons (Fsp3) is 0.417. The van der Waals surface area contributed by atoms with Crippen molar-refractivity contribution < 1.29 is 4.74 Å². The van der Waals surface area contributed by atoms with Gasteiger partial charge in [-0.3, -0.25) is 0 Å². The summed E-state index contributed by atoms with van der Waals surface area (Å²) in [6.07, 6.45) is 0.641. The maximum atomic E-state index is 9.30. The fourth-order valence-corrected chi connectivity index (χ4v) is 2.14. The van der Waals surface area contributed by atoms with Crippen LogP contribution in [0.5, 0.6) is 0 Å². The standard InChI is InChI=1S/C12H13BrN2O/c1-9-12(8-14,6-7-16-9)15-11-4-2-10(13)3-5-11/h2-5,9,15H,6-7H2,1H3. The first-order valence-electron chi connectivity index (χ1n) is 5.23. The highest BCUT2D eigenvalue weighted by Gasteiger charge is 2.41. The molecule has 1 fully saturated rings. The Morgan fingerprint density at radius 3 is 2.69 bits per heavy atom. The van der Waals surface area contributed by atoms with Gasteiger partial charge >= 0.3 is 0 Å². The maximum Gasteiger partial charge on any atom is 0.153 e. The summed E-state index contributed by atoms with van der Waals surface area (Å²) in [5.74, 6) is 0. The Bertz CT molecular complexity index is 412. The van der Waals surface area contributed by atoms with Crippen molar-refractivity contribution in [2.75, 3.05) is 11.9 Å². The second kappa shape index (κ2) is 4.44. The predicted octanol–water partition coefficient (Wildman–Crippen LogP) is 2.93. The summed E-state index contributed by atoms with van der Waals surface area (Å²) < 4.78 is 6.49. The topological polar surface area (TPSA) is 45.0 Å². The van der Waals surface area contributed by atoms with Crippen LogP contribution in [0, 0.1) is 11.3 Å². The molecule has 2 unspecified atom stereocenters. The zero-order valence-electron chi connectivity index (χ0n) is 9.03. The Labute approximate surface area is 104 Å². The molecule has 1 saturated heterocycles. The molecule has 0 aliphatic carbocycles. The van der Waals surface area contributed by atoms with E-state index in [1.807, 2.05) is 31.2 Å². The molecule has 1 aliphatic heterocycles. The molecule has 0 spiro atoms. The number of rotatable bonds is 2. The Balaban J connectivity index is 2.19. The Morgan fingerprint density at radius 1 is 1.50 bits per heavy atom. The SMILES string of the molecule is CC1OCCC1(C#N)Nc1ccc(Br)cc1. The van der Waals surface area contributed by atoms with Gasteiger partial charge < -0.3 is 10.1 Å². The molecule has 1 aliphatic rings. The van der Waals surface area contributed by atoms with Crippen LogP contribution in [-0.4, -0.2) is 18.2 Å². The molecular formula is C12H13BrN2O. The lowest BCUT2D eigenvalue weighted by Crippen LogP contribution is -2.42. The highest BCUT2D eigenvalue weighted by atomic mass is 79.9. The third-order valence-electron chi connectivity index (χ3n) is 2.97. The molecule has 0 bridgehead atoms. The van der Waals surface area contributed by atoms with Crippen LogP contribution in [0.2, 0.25) is 0 Å². The summed E-state index contributed by atoms with van der Waals surface area (Å²) in [4.78, 5) is 0. The zero-order chi connectivity index (χ0) is 11.6. The normalized spacial score (nSPS) is 28.7. The van der Waals surface area contributed by atoms with Gasteiger partial charge in [0.05, 0.1) is 18.8 Å². The summed E-state index contributed by atoms with van der Waals surface area (Å²) >= 11 is 3.38. The van der Waals surface area contributed by atoms with Crippen LogP contribution in [0.15, 0.2) is 28.7 Å². The summed E-state index contributed by atoms with van der Waals surface area (Å²) in [7, 11) is 0. The first kappa shape index (κ1) is 11.4. The largest absolute Gasteiger partial charge is 0.375 e. The molecule has 84 valence electrons. The molecule has 0 amide bonds. The number of anilines is 1. The average Bonchev–Trinajstić information content (AvgIpc) is 2.64. The van der Waals surface area contributed by atoms with Crippen molar-refractivity contribution in [1.29, 1.82) is 5.26 Å². The van der Waals surface area contributed by atoms with E-state index in [4.69, 9.17) is 4.74 Å². The van der Waals surface area contributed by atoms with E-state index < -0.39 is 5.54 Å². The average molecular weight is 281 g/mol. The van der Waals surface area contributed by atoms with Gasteiger partial charge in [0.15, 0.2) is 5.54 Å². The number of nitriles is 1. The molecule has 2 atom stereocenters. The molecule has 3 nitrogen and oxygen atoms in total. The number of nitrogens with one attached hydrogen (secondary N) is 1. The van der Waals surface area contributed by atoms with Crippen molar-refractivity contribution >= 4 is 21.6 Å². The molecule has 2 rings (SSSR count). The number of nitrogens with zero attached hydrogens (tertiary/aromatic N) is 1. The summed E-state index contributed by atoms with van der Waals surface area (Å²) in [5, 5.41) is 12.6. The van der Waals surface area contributed by atoms with Crippen molar-refractivity contribution in [1.82, 2.24) is 0 Å². The summed E-state index contributed by atoms with van der Waals surface area (Å²) in [6.45, 7) is 2.57. The highest BCUT2D eigenvalue weighted by molar-refractivity contribution is 9.10. The van der Waals surface area contributed by atoms with Crippen molar-refractivity contribution in [3.8, 4) is 6.07 Å². The minimum Gasteiger partial charge on any atom is -0.375 e. The van der Waals surface area contributed by atoms with Gasteiger partial charge in [0, 0.05) is 16.6 Å². The van der Waals surface area contributed by atoms with Crippen LogP contribution in [0.25, 0.3) is 0 Å². The maximum absolute atomic E-state index is 9.30. The molecular weight excluding hydrogens is 268 g/mol. The predicted molar refractivity (Wildman–Crippen MR) is 66.1 cm³/mol. The zero-order valence-corrected chi connectivity index (χ0v) is 10.6. The lowest BCUT2D eigenvalue weighted by atomic mass is 9.93. The van der Waals surface area contributed by atoms with Crippen molar-refractivity contribution in [3.63, 3.8) is 0 Å². The van der Waals surface area contributed by atoms with Crippen LogP contribution in [0.4, 0.5) is 5.69 Å². The fourth-order valence-electron chi connectivity index (χ4n) is 1.87. The van der Waals surface area contributed by atoms with Crippen molar-refractivity contribution in [3.05, 3.63) is 28.7 Å². The van der Waals surface area contributed by atoms with Gasteiger partial charge in [0.2, 0.25) is 0 Å². The van der Waals surface area contributed by atoms with Crippen LogP contribution in [-0.2, 0) is 4.74 Å². The van der Waals surface area contributed by atoms with Gasteiger partial charge in [0.25, 0.3) is 0 Å². The minimum atomic E-state index is -0.589. The molecule has 1 aromatic carbocycles. The van der Waals surface area contributed by atoms with E-state index in [1.54, 1.807) is 0 Å². The second-order valence-electron chi connectivity index (χ2n) is 3.98. The van der Waals surface area contributed by atoms with Crippen LogP contribution in [0.1, 0.15) is 13.3 Å². The molecule has 1 aromatic rings. The first-order valence-corrected chi connectivity index (χ1v) is 6.02. The number of halogens is 1.